The maximum atomic E-state index is 13.2. The van der Waals surface area contributed by atoms with E-state index in [0.717, 1.165) is 0 Å². The van der Waals surface area contributed by atoms with E-state index in [1.807, 2.05) is 32.8 Å². The van der Waals surface area contributed by atoms with Crippen LogP contribution in [0.2, 0.25) is 5.02 Å². The van der Waals surface area contributed by atoms with E-state index >= 15 is 0 Å². The number of hydrogen-bond acceptors (Lipinski definition) is 7. The Labute approximate surface area is 210 Å². The summed E-state index contributed by atoms with van der Waals surface area (Å²) in [6.45, 7) is 4.69. The van der Waals surface area contributed by atoms with Gasteiger partial charge in [-0.05, 0) is 51.7 Å². The van der Waals surface area contributed by atoms with Crippen molar-refractivity contribution in [2.24, 2.45) is 0 Å². The van der Waals surface area contributed by atoms with Gasteiger partial charge in [0.1, 0.15) is 23.0 Å². The second-order valence-electron chi connectivity index (χ2n) is 8.72. The van der Waals surface area contributed by atoms with Crippen LogP contribution in [0.15, 0.2) is 42.0 Å². The van der Waals surface area contributed by atoms with Gasteiger partial charge in [0.15, 0.2) is 0 Å². The predicted octanol–water partition coefficient (Wildman–Crippen LogP) is 4.13. The monoisotopic (exact) mass is 502 g/mol. The van der Waals surface area contributed by atoms with Gasteiger partial charge in [-0.1, -0.05) is 23.7 Å². The number of hydrogen-bond donors (Lipinski definition) is 1. The number of carbonyl (C=O) groups is 2. The average molecular weight is 503 g/mol. The lowest BCUT2D eigenvalue weighted by Crippen LogP contribution is -2.35. The first-order valence-electron chi connectivity index (χ1n) is 11.2. The molecule has 1 aliphatic rings. The van der Waals surface area contributed by atoms with E-state index in [-0.39, 0.29) is 33.8 Å². The first kappa shape index (κ1) is 26.4. The zero-order valence-corrected chi connectivity index (χ0v) is 21.5. The highest BCUT2D eigenvalue weighted by Crippen LogP contribution is 2.43. The summed E-state index contributed by atoms with van der Waals surface area (Å²) in [5.74, 6) is -0.559. The summed E-state index contributed by atoms with van der Waals surface area (Å²) in [6.07, 6.45) is -0.00105. The molecule has 1 fully saturated rings. The third kappa shape index (κ3) is 5.55. The quantitative estimate of drug-likeness (QED) is 0.313. The van der Waals surface area contributed by atoms with Crippen LogP contribution in [-0.2, 0) is 9.59 Å². The minimum absolute atomic E-state index is 0.00105. The lowest BCUT2D eigenvalue weighted by molar-refractivity contribution is -0.140. The average Bonchev–Trinajstić information content (AvgIpc) is 3.07. The van der Waals surface area contributed by atoms with Gasteiger partial charge >= 0.3 is 0 Å². The van der Waals surface area contributed by atoms with Gasteiger partial charge in [0, 0.05) is 19.2 Å². The molecule has 2 aromatic rings. The summed E-state index contributed by atoms with van der Waals surface area (Å²) in [5.41, 5.74) is 0.818. The number of benzene rings is 2. The Morgan fingerprint density at radius 2 is 1.71 bits per heavy atom. The Morgan fingerprint density at radius 1 is 1.09 bits per heavy atom. The normalized spacial score (nSPS) is 17.4. The smallest absolute Gasteiger partial charge is 0.295 e. The van der Waals surface area contributed by atoms with Gasteiger partial charge in [-0.25, -0.2) is 0 Å². The van der Waals surface area contributed by atoms with Crippen molar-refractivity contribution in [3.05, 3.63) is 58.1 Å². The third-order valence-corrected chi connectivity index (χ3v) is 5.92. The number of Topliss-reactive ketones (excluding diaryl/α,β-unsaturated/α-hetero) is 1. The number of nitrogens with zero attached hydrogens (tertiary/aromatic N) is 2. The number of ether oxygens (including phenoxy) is 3. The molecule has 1 atom stereocenters. The molecule has 0 aliphatic carbocycles. The number of carbonyl (C=O) groups excluding carboxylic acids is 2. The molecule has 0 aromatic heterocycles. The van der Waals surface area contributed by atoms with Crippen molar-refractivity contribution in [1.29, 1.82) is 0 Å². The van der Waals surface area contributed by atoms with Crippen LogP contribution in [0.1, 0.15) is 31.0 Å². The number of rotatable bonds is 9. The van der Waals surface area contributed by atoms with E-state index in [2.05, 4.69) is 0 Å². The lowest BCUT2D eigenvalue weighted by Gasteiger charge is -2.27. The van der Waals surface area contributed by atoms with Crippen molar-refractivity contribution < 1.29 is 28.9 Å². The van der Waals surface area contributed by atoms with Gasteiger partial charge in [0.25, 0.3) is 11.7 Å². The fourth-order valence-corrected chi connectivity index (χ4v) is 4.20. The number of likely N-dealkylation sites (N-methyl/N-ethyl adjacent to an activating group) is 1. The highest BCUT2D eigenvalue weighted by Gasteiger charge is 2.46. The number of likely N-dealkylation sites (tertiary alicyclic amines) is 1. The summed E-state index contributed by atoms with van der Waals surface area (Å²) >= 11 is 6.30. The van der Waals surface area contributed by atoms with Gasteiger partial charge < -0.3 is 29.1 Å². The van der Waals surface area contributed by atoms with Crippen molar-refractivity contribution in [2.75, 3.05) is 41.4 Å². The molecule has 9 heteroatoms. The highest BCUT2D eigenvalue weighted by atomic mass is 35.5. The number of aliphatic hydroxyl groups excluding tert-OH is 1. The Morgan fingerprint density at radius 3 is 2.26 bits per heavy atom. The van der Waals surface area contributed by atoms with Gasteiger partial charge in [-0.15, -0.1) is 0 Å². The van der Waals surface area contributed by atoms with Crippen LogP contribution in [0.4, 0.5) is 0 Å². The number of ketones is 1. The molecular weight excluding hydrogens is 472 g/mol. The van der Waals surface area contributed by atoms with E-state index in [0.29, 0.717) is 30.2 Å². The van der Waals surface area contributed by atoms with Crippen LogP contribution in [0, 0.1) is 0 Å². The van der Waals surface area contributed by atoms with E-state index in [9.17, 15) is 14.7 Å². The summed E-state index contributed by atoms with van der Waals surface area (Å²) in [4.78, 5) is 29.7. The van der Waals surface area contributed by atoms with Crippen molar-refractivity contribution in [1.82, 2.24) is 9.80 Å². The van der Waals surface area contributed by atoms with Crippen molar-refractivity contribution in [3.63, 3.8) is 0 Å². The van der Waals surface area contributed by atoms with E-state index < -0.39 is 17.7 Å². The van der Waals surface area contributed by atoms with Crippen LogP contribution in [0.25, 0.3) is 5.76 Å². The molecule has 35 heavy (non-hydrogen) atoms. The second-order valence-corrected chi connectivity index (χ2v) is 9.13. The van der Waals surface area contributed by atoms with Gasteiger partial charge in [0.05, 0.1) is 42.5 Å². The van der Waals surface area contributed by atoms with E-state index in [1.165, 1.54) is 31.3 Å². The molecule has 1 N–H and O–H groups in total. The van der Waals surface area contributed by atoms with Gasteiger partial charge in [-0.2, -0.15) is 0 Å². The third-order valence-electron chi connectivity index (χ3n) is 5.62. The molecule has 0 bridgehead atoms. The minimum Gasteiger partial charge on any atom is -0.507 e. The van der Waals surface area contributed by atoms with Crippen LogP contribution in [0.5, 0.6) is 17.2 Å². The largest absolute Gasteiger partial charge is 0.507 e. The number of methoxy groups -OCH3 is 2. The van der Waals surface area contributed by atoms with Crippen LogP contribution >= 0.6 is 11.6 Å². The summed E-state index contributed by atoms with van der Waals surface area (Å²) < 4.78 is 16.4. The Hall–Kier alpha value is -3.23. The molecule has 0 spiro atoms. The molecule has 8 nitrogen and oxygen atoms in total. The lowest BCUT2D eigenvalue weighted by atomic mass is 9.95. The van der Waals surface area contributed by atoms with Crippen LogP contribution in [0.3, 0.4) is 0 Å². The van der Waals surface area contributed by atoms with Crippen molar-refractivity contribution in [3.8, 4) is 17.2 Å². The Bertz CT molecular complexity index is 1130. The standard InChI is InChI=1S/C26H31ClN2O6/c1-15(2)35-17-9-7-16(8-10-17)23-22(25(31)26(32)29(23)12-11-28(3)4)24(30)18-13-19(27)21(34-6)14-20(18)33-5/h7-10,13-15,23,30H,11-12H2,1-6H3/b24-22+. The zero-order valence-electron chi connectivity index (χ0n) is 20.8. The minimum atomic E-state index is -0.798. The highest BCUT2D eigenvalue weighted by molar-refractivity contribution is 6.46. The molecule has 2 aromatic carbocycles. The van der Waals surface area contributed by atoms with Crippen LogP contribution in [-0.4, -0.2) is 74.1 Å². The Kier molecular flexibility index (Phi) is 8.30. The molecule has 1 heterocycles. The van der Waals surface area contributed by atoms with Crippen LogP contribution < -0.4 is 14.2 Å². The molecule has 0 radical (unpaired) electrons. The van der Waals surface area contributed by atoms with Crippen molar-refractivity contribution >= 4 is 29.1 Å². The first-order chi connectivity index (χ1) is 16.6. The SMILES string of the molecule is COc1cc(OC)c(/C(O)=C2\C(=O)C(=O)N(CCN(C)C)C2c2ccc(OC(C)C)cc2)cc1Cl. The maximum Gasteiger partial charge on any atom is 0.295 e. The summed E-state index contributed by atoms with van der Waals surface area (Å²) in [7, 11) is 6.66. The molecule has 1 unspecified atom stereocenters. The van der Waals surface area contributed by atoms with Crippen molar-refractivity contribution in [2.45, 2.75) is 26.0 Å². The molecule has 188 valence electrons. The fourth-order valence-electron chi connectivity index (χ4n) is 3.96. The molecule has 1 saturated heterocycles. The number of halogens is 1. The summed E-state index contributed by atoms with van der Waals surface area (Å²) in [5, 5.41) is 11.6. The second kappa shape index (κ2) is 11.0. The maximum absolute atomic E-state index is 13.2. The first-order valence-corrected chi connectivity index (χ1v) is 11.6. The Balaban J connectivity index is 2.18. The van der Waals surface area contributed by atoms with Gasteiger partial charge in [0.2, 0.25) is 0 Å². The van der Waals surface area contributed by atoms with Gasteiger partial charge in [-0.3, -0.25) is 9.59 Å². The molecule has 1 amide bonds. The zero-order chi connectivity index (χ0) is 25.9. The number of aliphatic hydroxyl groups is 1. The van der Waals surface area contributed by atoms with E-state index in [4.69, 9.17) is 25.8 Å². The number of amides is 1. The summed E-state index contributed by atoms with van der Waals surface area (Å²) in [6, 6.07) is 9.34. The van der Waals surface area contributed by atoms with E-state index in [1.54, 1.807) is 24.3 Å². The topological polar surface area (TPSA) is 88.5 Å². The predicted molar refractivity (Wildman–Crippen MR) is 134 cm³/mol. The molecule has 1 aliphatic heterocycles. The molecular formula is C26H31ClN2O6. The molecule has 0 saturated carbocycles. The fraction of sp³-hybridized carbons (Fsp3) is 0.385. The molecule has 3 rings (SSSR count).